The molecule has 0 atom stereocenters. The standard InChI is InChI=1S/C22H18Cl2N4OS/c23-17-6-2-4-8-19(17)29-12-20-26-27-22(28(20)16-9-10-16)30-13-15-11-14-5-1-3-7-18(14)25-21(15)24/h1-8,11,16H,9-10,12-13H2. The van der Waals surface area contributed by atoms with E-state index in [0.717, 1.165) is 40.3 Å². The lowest BCUT2D eigenvalue weighted by atomic mass is 10.2. The number of halogens is 2. The van der Waals surface area contributed by atoms with E-state index < -0.39 is 0 Å². The van der Waals surface area contributed by atoms with E-state index in [1.54, 1.807) is 11.8 Å². The van der Waals surface area contributed by atoms with Gasteiger partial charge < -0.3 is 4.74 Å². The lowest BCUT2D eigenvalue weighted by molar-refractivity contribution is 0.288. The summed E-state index contributed by atoms with van der Waals surface area (Å²) >= 11 is 14.2. The summed E-state index contributed by atoms with van der Waals surface area (Å²) in [5.74, 6) is 2.13. The van der Waals surface area contributed by atoms with Crippen molar-refractivity contribution >= 4 is 45.9 Å². The van der Waals surface area contributed by atoms with Crippen molar-refractivity contribution in [2.24, 2.45) is 0 Å². The molecule has 2 heterocycles. The highest BCUT2D eigenvalue weighted by Crippen LogP contribution is 2.40. The van der Waals surface area contributed by atoms with Gasteiger partial charge in [0, 0.05) is 22.7 Å². The zero-order valence-corrected chi connectivity index (χ0v) is 18.3. The maximum Gasteiger partial charge on any atom is 0.191 e. The first kappa shape index (κ1) is 19.7. The molecule has 2 aromatic carbocycles. The number of hydrogen-bond acceptors (Lipinski definition) is 5. The molecule has 30 heavy (non-hydrogen) atoms. The SMILES string of the molecule is Clc1ccccc1OCc1nnc(SCc2cc3ccccc3nc2Cl)n1C1CC1. The third-order valence-corrected chi connectivity index (χ3v) is 6.58. The summed E-state index contributed by atoms with van der Waals surface area (Å²) in [6, 6.07) is 17.9. The van der Waals surface area contributed by atoms with Crippen molar-refractivity contribution in [3.05, 3.63) is 76.2 Å². The summed E-state index contributed by atoms with van der Waals surface area (Å²) in [6.45, 7) is 0.325. The van der Waals surface area contributed by atoms with Gasteiger partial charge in [-0.05, 0) is 37.1 Å². The van der Waals surface area contributed by atoms with Crippen molar-refractivity contribution in [3.63, 3.8) is 0 Å². The molecule has 0 amide bonds. The van der Waals surface area contributed by atoms with Gasteiger partial charge in [-0.15, -0.1) is 10.2 Å². The van der Waals surface area contributed by atoms with Crippen molar-refractivity contribution in [2.45, 2.75) is 36.4 Å². The summed E-state index contributed by atoms with van der Waals surface area (Å²) in [5.41, 5.74) is 1.89. The largest absolute Gasteiger partial charge is 0.484 e. The average molecular weight is 457 g/mol. The minimum atomic E-state index is 0.325. The van der Waals surface area contributed by atoms with Crippen LogP contribution in [0.2, 0.25) is 10.2 Å². The van der Waals surface area contributed by atoms with Gasteiger partial charge in [-0.1, -0.05) is 65.3 Å². The molecule has 0 spiro atoms. The van der Waals surface area contributed by atoms with Crippen molar-refractivity contribution in [1.29, 1.82) is 0 Å². The van der Waals surface area contributed by atoms with Crippen LogP contribution in [0.25, 0.3) is 10.9 Å². The van der Waals surface area contributed by atoms with E-state index in [0.29, 0.717) is 34.3 Å². The molecule has 2 aromatic heterocycles. The number of hydrogen-bond donors (Lipinski definition) is 0. The third-order valence-electron chi connectivity index (χ3n) is 4.95. The van der Waals surface area contributed by atoms with E-state index in [2.05, 4.69) is 25.8 Å². The van der Waals surface area contributed by atoms with Gasteiger partial charge in [0.15, 0.2) is 11.0 Å². The van der Waals surface area contributed by atoms with Gasteiger partial charge >= 0.3 is 0 Å². The first-order chi connectivity index (χ1) is 14.7. The lowest BCUT2D eigenvalue weighted by Gasteiger charge is -2.11. The molecule has 0 aliphatic heterocycles. The number of ether oxygens (including phenoxy) is 1. The molecular formula is C22H18Cl2N4OS. The van der Waals surface area contributed by atoms with Gasteiger partial charge in [-0.25, -0.2) is 4.98 Å². The van der Waals surface area contributed by atoms with Crippen LogP contribution in [0.5, 0.6) is 5.75 Å². The quantitative estimate of drug-likeness (QED) is 0.240. The Morgan fingerprint density at radius 2 is 1.83 bits per heavy atom. The summed E-state index contributed by atoms with van der Waals surface area (Å²) in [6.07, 6.45) is 2.26. The van der Waals surface area contributed by atoms with Crippen LogP contribution in [0.15, 0.2) is 59.8 Å². The van der Waals surface area contributed by atoms with Crippen LogP contribution in [0.4, 0.5) is 0 Å². The van der Waals surface area contributed by atoms with E-state index in [1.807, 2.05) is 48.5 Å². The fraction of sp³-hybridized carbons (Fsp3) is 0.227. The van der Waals surface area contributed by atoms with Crippen LogP contribution >= 0.6 is 35.0 Å². The monoisotopic (exact) mass is 456 g/mol. The second-order valence-corrected chi connectivity index (χ2v) is 8.85. The maximum atomic E-state index is 6.42. The third kappa shape index (κ3) is 4.13. The van der Waals surface area contributed by atoms with Crippen molar-refractivity contribution in [1.82, 2.24) is 19.7 Å². The Balaban J connectivity index is 1.34. The average Bonchev–Trinajstić information content (AvgIpc) is 3.51. The smallest absolute Gasteiger partial charge is 0.191 e. The highest BCUT2D eigenvalue weighted by atomic mass is 35.5. The Hall–Kier alpha value is -2.28. The van der Waals surface area contributed by atoms with Crippen molar-refractivity contribution in [3.8, 4) is 5.75 Å². The highest BCUT2D eigenvalue weighted by Gasteiger charge is 2.30. The number of benzene rings is 2. The molecule has 0 bridgehead atoms. The molecular weight excluding hydrogens is 439 g/mol. The first-order valence-electron chi connectivity index (χ1n) is 9.67. The molecule has 5 rings (SSSR count). The number of para-hydroxylation sites is 2. The normalized spacial score (nSPS) is 13.7. The molecule has 0 saturated heterocycles. The first-order valence-corrected chi connectivity index (χ1v) is 11.4. The van der Waals surface area contributed by atoms with Gasteiger partial charge in [0.1, 0.15) is 17.5 Å². The fourth-order valence-electron chi connectivity index (χ4n) is 3.29. The van der Waals surface area contributed by atoms with Gasteiger partial charge in [0.2, 0.25) is 0 Å². The van der Waals surface area contributed by atoms with Crippen LogP contribution in [0, 0.1) is 0 Å². The fourth-order valence-corrected chi connectivity index (χ4v) is 4.77. The summed E-state index contributed by atoms with van der Waals surface area (Å²) in [4.78, 5) is 4.51. The summed E-state index contributed by atoms with van der Waals surface area (Å²) in [5, 5.41) is 11.9. The Morgan fingerprint density at radius 1 is 1.03 bits per heavy atom. The number of aromatic nitrogens is 4. The van der Waals surface area contributed by atoms with Crippen molar-refractivity contribution < 1.29 is 4.74 Å². The van der Waals surface area contributed by atoms with Crippen LogP contribution in [0.3, 0.4) is 0 Å². The molecule has 4 aromatic rings. The number of nitrogens with zero attached hydrogens (tertiary/aromatic N) is 4. The van der Waals surface area contributed by atoms with Crippen LogP contribution in [0.1, 0.15) is 30.3 Å². The molecule has 1 fully saturated rings. The van der Waals surface area contributed by atoms with Gasteiger partial charge in [0.05, 0.1) is 10.5 Å². The number of thioether (sulfide) groups is 1. The van der Waals surface area contributed by atoms with E-state index in [4.69, 9.17) is 27.9 Å². The van der Waals surface area contributed by atoms with Gasteiger partial charge in [-0.2, -0.15) is 0 Å². The Labute approximate surface area is 188 Å². The second kappa shape index (κ2) is 8.46. The molecule has 0 N–H and O–H groups in total. The van der Waals surface area contributed by atoms with Crippen LogP contribution < -0.4 is 4.74 Å². The lowest BCUT2D eigenvalue weighted by Crippen LogP contribution is -2.07. The molecule has 1 saturated carbocycles. The zero-order valence-electron chi connectivity index (χ0n) is 16.0. The predicted molar refractivity (Wildman–Crippen MR) is 120 cm³/mol. The minimum Gasteiger partial charge on any atom is -0.484 e. The molecule has 5 nitrogen and oxygen atoms in total. The van der Waals surface area contributed by atoms with Gasteiger partial charge in [0.25, 0.3) is 0 Å². The number of pyridine rings is 1. The molecule has 0 unspecified atom stereocenters. The topological polar surface area (TPSA) is 52.8 Å². The van der Waals surface area contributed by atoms with E-state index >= 15 is 0 Å². The molecule has 152 valence electrons. The minimum absolute atomic E-state index is 0.325. The summed E-state index contributed by atoms with van der Waals surface area (Å²) < 4.78 is 8.07. The second-order valence-electron chi connectivity index (χ2n) is 7.14. The van der Waals surface area contributed by atoms with E-state index in [-0.39, 0.29) is 0 Å². The zero-order chi connectivity index (χ0) is 20.5. The predicted octanol–water partition coefficient (Wildman–Crippen LogP) is 6.34. The molecule has 1 aliphatic carbocycles. The Kier molecular flexibility index (Phi) is 5.54. The summed E-state index contributed by atoms with van der Waals surface area (Å²) in [7, 11) is 0. The van der Waals surface area contributed by atoms with Gasteiger partial charge in [-0.3, -0.25) is 4.57 Å². The number of fused-ring (bicyclic) bond motifs is 1. The van der Waals surface area contributed by atoms with Crippen molar-refractivity contribution in [2.75, 3.05) is 0 Å². The highest BCUT2D eigenvalue weighted by molar-refractivity contribution is 7.98. The van der Waals surface area contributed by atoms with E-state index in [9.17, 15) is 0 Å². The maximum absolute atomic E-state index is 6.42. The molecule has 1 aliphatic rings. The van der Waals surface area contributed by atoms with Crippen LogP contribution in [-0.4, -0.2) is 19.7 Å². The Morgan fingerprint density at radius 3 is 2.67 bits per heavy atom. The molecule has 0 radical (unpaired) electrons. The van der Waals surface area contributed by atoms with Crippen LogP contribution in [-0.2, 0) is 12.4 Å². The van der Waals surface area contributed by atoms with E-state index in [1.165, 1.54) is 0 Å². The molecule has 8 heteroatoms. The Bertz CT molecular complexity index is 1210. The number of rotatable bonds is 7.